The van der Waals surface area contributed by atoms with Gasteiger partial charge in [-0.2, -0.15) is 0 Å². The first-order valence-electron chi connectivity index (χ1n) is 8.17. The second-order valence-corrected chi connectivity index (χ2v) is 6.56. The lowest BCUT2D eigenvalue weighted by molar-refractivity contribution is -0.147. The van der Waals surface area contributed by atoms with Crippen molar-refractivity contribution in [3.63, 3.8) is 0 Å². The lowest BCUT2D eigenvalue weighted by Gasteiger charge is -2.39. The summed E-state index contributed by atoms with van der Waals surface area (Å²) < 4.78 is 2.22. The molecule has 0 saturated heterocycles. The van der Waals surface area contributed by atoms with Crippen molar-refractivity contribution in [2.24, 2.45) is 0 Å². The number of carboxylic acid groups (broad SMARTS) is 1. The molecule has 2 unspecified atom stereocenters. The van der Waals surface area contributed by atoms with Crippen LogP contribution < -0.4 is 5.32 Å². The molecule has 2 N–H and O–H groups in total. The largest absolute Gasteiger partial charge is 0.480 e. The van der Waals surface area contributed by atoms with Crippen molar-refractivity contribution in [2.45, 2.75) is 75.9 Å². The zero-order chi connectivity index (χ0) is 14.9. The minimum Gasteiger partial charge on any atom is -0.480 e. The van der Waals surface area contributed by atoms with Gasteiger partial charge in [0.05, 0.1) is 0 Å². The zero-order valence-corrected chi connectivity index (χ0v) is 12.7. The fourth-order valence-corrected chi connectivity index (χ4v) is 3.58. The number of aromatic nitrogens is 2. The molecule has 5 heteroatoms. The molecule has 1 heterocycles. The van der Waals surface area contributed by atoms with Crippen molar-refractivity contribution in [1.82, 2.24) is 14.9 Å². The van der Waals surface area contributed by atoms with Gasteiger partial charge >= 0.3 is 5.97 Å². The van der Waals surface area contributed by atoms with Crippen LogP contribution >= 0.6 is 0 Å². The topological polar surface area (TPSA) is 67.2 Å². The molecule has 0 radical (unpaired) electrons. The number of carboxylic acids is 1. The highest BCUT2D eigenvalue weighted by Gasteiger charge is 2.46. The normalized spacial score (nSPS) is 29.5. The smallest absolute Gasteiger partial charge is 0.323 e. The summed E-state index contributed by atoms with van der Waals surface area (Å²) in [7, 11) is 0. The van der Waals surface area contributed by atoms with Gasteiger partial charge in [-0.1, -0.05) is 6.92 Å². The van der Waals surface area contributed by atoms with Crippen LogP contribution in [0, 0.1) is 0 Å². The maximum Gasteiger partial charge on any atom is 0.323 e. The first kappa shape index (κ1) is 14.6. The molecular formula is C16H25N3O2. The molecule has 2 saturated carbocycles. The Balaban J connectivity index is 1.80. The van der Waals surface area contributed by atoms with E-state index in [1.807, 2.05) is 12.4 Å². The van der Waals surface area contributed by atoms with Gasteiger partial charge in [0.25, 0.3) is 0 Å². The lowest BCUT2D eigenvalue weighted by Crippen LogP contribution is -2.56. The van der Waals surface area contributed by atoms with E-state index >= 15 is 0 Å². The Labute approximate surface area is 125 Å². The average molecular weight is 291 g/mol. The molecule has 0 aliphatic heterocycles. The van der Waals surface area contributed by atoms with Crippen LogP contribution in [-0.4, -0.2) is 32.2 Å². The number of rotatable bonds is 6. The molecule has 116 valence electrons. The first-order chi connectivity index (χ1) is 10.1. The molecular weight excluding hydrogens is 266 g/mol. The zero-order valence-electron chi connectivity index (χ0n) is 12.7. The Hall–Kier alpha value is -1.36. The molecule has 1 aromatic heterocycles. The average Bonchev–Trinajstić information content (AvgIpc) is 3.15. The van der Waals surface area contributed by atoms with Gasteiger partial charge in [-0.05, 0) is 44.9 Å². The fourth-order valence-electron chi connectivity index (χ4n) is 3.58. The van der Waals surface area contributed by atoms with E-state index in [9.17, 15) is 9.90 Å². The maximum atomic E-state index is 11.9. The minimum absolute atomic E-state index is 0.255. The molecule has 21 heavy (non-hydrogen) atoms. The number of hydrogen-bond acceptors (Lipinski definition) is 3. The highest BCUT2D eigenvalue weighted by atomic mass is 16.4. The van der Waals surface area contributed by atoms with Crippen molar-refractivity contribution in [3.8, 4) is 0 Å². The fraction of sp³-hybridized carbons (Fsp3) is 0.750. The number of imidazole rings is 1. The second-order valence-electron chi connectivity index (χ2n) is 6.56. The third-order valence-electron chi connectivity index (χ3n) is 4.81. The Morgan fingerprint density at radius 1 is 1.52 bits per heavy atom. The summed E-state index contributed by atoms with van der Waals surface area (Å²) in [6.45, 7) is 2.15. The highest BCUT2D eigenvalue weighted by molar-refractivity contribution is 5.79. The van der Waals surface area contributed by atoms with E-state index in [-0.39, 0.29) is 6.04 Å². The standard InChI is InChI=1S/C16H25N3O2/c1-2-4-14-17-9-10-19(14)13-5-3-8-16(11-13,15(20)21)18-12-6-7-12/h9-10,12-13,18H,2-8,11H2,1H3,(H,20,21). The number of nitrogens with zero attached hydrogens (tertiary/aromatic N) is 2. The van der Waals surface area contributed by atoms with Crippen LogP contribution in [0.3, 0.4) is 0 Å². The molecule has 2 fully saturated rings. The summed E-state index contributed by atoms with van der Waals surface area (Å²) in [5, 5.41) is 13.2. The summed E-state index contributed by atoms with van der Waals surface area (Å²) in [6, 6.07) is 0.669. The van der Waals surface area contributed by atoms with Gasteiger partial charge in [-0.3, -0.25) is 10.1 Å². The summed E-state index contributed by atoms with van der Waals surface area (Å²) >= 11 is 0. The van der Waals surface area contributed by atoms with E-state index in [2.05, 4.69) is 21.8 Å². The SMILES string of the molecule is CCCc1nccn1C1CCCC(NC2CC2)(C(=O)O)C1. The van der Waals surface area contributed by atoms with Crippen molar-refractivity contribution in [3.05, 3.63) is 18.2 Å². The molecule has 0 bridgehead atoms. The van der Waals surface area contributed by atoms with Crippen molar-refractivity contribution in [1.29, 1.82) is 0 Å². The van der Waals surface area contributed by atoms with E-state index in [0.717, 1.165) is 50.8 Å². The number of aryl methyl sites for hydroxylation is 1. The van der Waals surface area contributed by atoms with Crippen molar-refractivity contribution >= 4 is 5.97 Å². The Morgan fingerprint density at radius 3 is 3.00 bits per heavy atom. The summed E-state index contributed by atoms with van der Waals surface area (Å²) in [5.41, 5.74) is -0.738. The number of nitrogens with one attached hydrogen (secondary N) is 1. The van der Waals surface area contributed by atoms with Crippen LogP contribution in [0.4, 0.5) is 0 Å². The van der Waals surface area contributed by atoms with Crippen LogP contribution in [0.1, 0.15) is 63.7 Å². The van der Waals surface area contributed by atoms with Gasteiger partial charge in [0, 0.05) is 30.9 Å². The minimum atomic E-state index is -0.738. The van der Waals surface area contributed by atoms with E-state index in [4.69, 9.17) is 0 Å². The van der Waals surface area contributed by atoms with E-state index < -0.39 is 11.5 Å². The Bertz CT molecular complexity index is 509. The number of aliphatic carboxylic acids is 1. The molecule has 0 spiro atoms. The Morgan fingerprint density at radius 2 is 2.33 bits per heavy atom. The van der Waals surface area contributed by atoms with Gasteiger partial charge in [0.2, 0.25) is 0 Å². The van der Waals surface area contributed by atoms with Crippen LogP contribution in [0.25, 0.3) is 0 Å². The van der Waals surface area contributed by atoms with Crippen LogP contribution in [0.15, 0.2) is 12.4 Å². The predicted molar refractivity (Wildman–Crippen MR) is 80.3 cm³/mol. The summed E-state index contributed by atoms with van der Waals surface area (Å²) in [4.78, 5) is 16.3. The second kappa shape index (κ2) is 5.79. The molecule has 2 aliphatic rings. The van der Waals surface area contributed by atoms with Gasteiger partial charge in [0.15, 0.2) is 0 Å². The maximum absolute atomic E-state index is 11.9. The van der Waals surface area contributed by atoms with E-state index in [1.54, 1.807) is 0 Å². The molecule has 3 rings (SSSR count). The monoisotopic (exact) mass is 291 g/mol. The predicted octanol–water partition coefficient (Wildman–Crippen LogP) is 2.53. The van der Waals surface area contributed by atoms with Crippen LogP contribution in [-0.2, 0) is 11.2 Å². The molecule has 2 aliphatic carbocycles. The molecule has 5 nitrogen and oxygen atoms in total. The number of carbonyl (C=O) groups is 1. The summed E-state index contributed by atoms with van der Waals surface area (Å²) in [6.07, 6.45) is 11.5. The summed E-state index contributed by atoms with van der Waals surface area (Å²) in [5.74, 6) is 0.409. The van der Waals surface area contributed by atoms with Crippen LogP contribution in [0.2, 0.25) is 0 Å². The van der Waals surface area contributed by atoms with Gasteiger partial charge < -0.3 is 9.67 Å². The number of hydrogen-bond donors (Lipinski definition) is 2. The third kappa shape index (κ3) is 2.98. The quantitative estimate of drug-likeness (QED) is 0.845. The molecule has 1 aromatic rings. The Kier molecular flexibility index (Phi) is 4.02. The first-order valence-corrected chi connectivity index (χ1v) is 8.17. The lowest BCUT2D eigenvalue weighted by atomic mass is 9.78. The van der Waals surface area contributed by atoms with E-state index in [1.165, 1.54) is 0 Å². The highest BCUT2D eigenvalue weighted by Crippen LogP contribution is 2.38. The van der Waals surface area contributed by atoms with Crippen molar-refractivity contribution in [2.75, 3.05) is 0 Å². The molecule has 0 amide bonds. The van der Waals surface area contributed by atoms with Gasteiger partial charge in [-0.15, -0.1) is 0 Å². The van der Waals surface area contributed by atoms with Gasteiger partial charge in [0.1, 0.15) is 11.4 Å². The molecule has 0 aromatic carbocycles. The van der Waals surface area contributed by atoms with E-state index in [0.29, 0.717) is 12.5 Å². The van der Waals surface area contributed by atoms with Gasteiger partial charge in [-0.25, -0.2) is 4.98 Å². The third-order valence-corrected chi connectivity index (χ3v) is 4.81. The van der Waals surface area contributed by atoms with Crippen molar-refractivity contribution < 1.29 is 9.90 Å². The van der Waals surface area contributed by atoms with Crippen LogP contribution in [0.5, 0.6) is 0 Å². The molecule has 2 atom stereocenters.